The van der Waals surface area contributed by atoms with Crippen LogP contribution in [-0.2, 0) is 9.53 Å². The van der Waals surface area contributed by atoms with Crippen LogP contribution in [0.3, 0.4) is 0 Å². The molecule has 1 heterocycles. The van der Waals surface area contributed by atoms with Crippen LogP contribution in [0.15, 0.2) is 63.7 Å². The molecule has 3 nitrogen and oxygen atoms in total. The maximum absolute atomic E-state index is 11.9. The molecular formula is C18H10BrCl2NO2. The molecule has 0 saturated heterocycles. The number of aliphatic imine (C=N–C) groups is 1. The van der Waals surface area contributed by atoms with Gasteiger partial charge < -0.3 is 4.74 Å². The van der Waals surface area contributed by atoms with E-state index < -0.39 is 5.97 Å². The number of rotatable bonds is 3. The Morgan fingerprint density at radius 2 is 1.92 bits per heavy atom. The topological polar surface area (TPSA) is 38.7 Å². The van der Waals surface area contributed by atoms with Crippen molar-refractivity contribution in [3.63, 3.8) is 0 Å². The van der Waals surface area contributed by atoms with Crippen molar-refractivity contribution in [3.05, 3.63) is 79.9 Å². The van der Waals surface area contributed by atoms with Crippen LogP contribution in [0.2, 0.25) is 10.0 Å². The highest BCUT2D eigenvalue weighted by molar-refractivity contribution is 9.10. The monoisotopic (exact) mass is 421 g/mol. The van der Waals surface area contributed by atoms with Crippen molar-refractivity contribution in [1.82, 2.24) is 0 Å². The molecule has 0 fully saturated rings. The van der Waals surface area contributed by atoms with Gasteiger partial charge in [-0.2, -0.15) is 0 Å². The van der Waals surface area contributed by atoms with Gasteiger partial charge in [0, 0.05) is 20.6 Å². The molecule has 0 spiro atoms. The van der Waals surface area contributed by atoms with Crippen molar-refractivity contribution >= 4 is 63.2 Å². The van der Waals surface area contributed by atoms with Crippen molar-refractivity contribution in [3.8, 4) is 0 Å². The van der Waals surface area contributed by atoms with Gasteiger partial charge in [-0.15, -0.1) is 0 Å². The molecule has 0 bridgehead atoms. The number of hydrogen-bond acceptors (Lipinski definition) is 3. The average Bonchev–Trinajstić information content (AvgIpc) is 2.86. The molecule has 0 aromatic heterocycles. The van der Waals surface area contributed by atoms with Gasteiger partial charge in [0.2, 0.25) is 5.90 Å². The summed E-state index contributed by atoms with van der Waals surface area (Å²) >= 11 is 15.3. The minimum absolute atomic E-state index is 0.215. The Hall–Kier alpha value is -1.88. The Labute approximate surface area is 157 Å². The number of cyclic esters (lactones) is 1. The molecule has 3 rings (SSSR count). The minimum atomic E-state index is -0.489. The van der Waals surface area contributed by atoms with Gasteiger partial charge in [-0.1, -0.05) is 57.3 Å². The van der Waals surface area contributed by atoms with Crippen molar-refractivity contribution in [2.75, 3.05) is 0 Å². The van der Waals surface area contributed by atoms with Crippen LogP contribution in [0.25, 0.3) is 12.2 Å². The van der Waals surface area contributed by atoms with Gasteiger partial charge in [0.15, 0.2) is 5.70 Å². The van der Waals surface area contributed by atoms with E-state index in [0.717, 1.165) is 15.6 Å². The fraction of sp³-hybridized carbons (Fsp3) is 0. The Bertz CT molecular complexity index is 904. The average molecular weight is 423 g/mol. The smallest absolute Gasteiger partial charge is 0.363 e. The molecule has 2 aromatic rings. The van der Waals surface area contributed by atoms with Crippen molar-refractivity contribution < 1.29 is 9.53 Å². The first-order valence-corrected chi connectivity index (χ1v) is 8.47. The first-order valence-electron chi connectivity index (χ1n) is 6.92. The van der Waals surface area contributed by atoms with Crippen LogP contribution < -0.4 is 0 Å². The summed E-state index contributed by atoms with van der Waals surface area (Å²) in [5.41, 5.74) is 1.85. The first kappa shape index (κ1) is 17.0. The van der Waals surface area contributed by atoms with E-state index in [0.29, 0.717) is 10.0 Å². The van der Waals surface area contributed by atoms with E-state index in [1.54, 1.807) is 36.4 Å². The lowest BCUT2D eigenvalue weighted by atomic mass is 10.2. The van der Waals surface area contributed by atoms with Gasteiger partial charge in [0.25, 0.3) is 0 Å². The molecule has 2 aromatic carbocycles. The number of ether oxygens (including phenoxy) is 1. The summed E-state index contributed by atoms with van der Waals surface area (Å²) in [6, 6.07) is 12.7. The SMILES string of the molecule is O=C1OC(/C=C/c2ccc(Cl)cc2Cl)=NC/1=C\c1cccc(Br)c1. The third-order valence-corrected chi connectivity index (χ3v) is 4.21. The summed E-state index contributed by atoms with van der Waals surface area (Å²) in [5.74, 6) is -0.274. The third kappa shape index (κ3) is 4.15. The number of carbonyl (C=O) groups excluding carboxylic acids is 1. The Kier molecular flexibility index (Phi) is 5.19. The summed E-state index contributed by atoms with van der Waals surface area (Å²) in [4.78, 5) is 16.1. The highest BCUT2D eigenvalue weighted by Crippen LogP contribution is 2.23. The Morgan fingerprint density at radius 1 is 1.08 bits per heavy atom. The molecule has 0 N–H and O–H groups in total. The molecule has 120 valence electrons. The zero-order valence-corrected chi connectivity index (χ0v) is 15.3. The van der Waals surface area contributed by atoms with E-state index in [-0.39, 0.29) is 11.6 Å². The van der Waals surface area contributed by atoms with Crippen molar-refractivity contribution in [1.29, 1.82) is 0 Å². The predicted octanol–water partition coefficient (Wildman–Crippen LogP) is 5.77. The van der Waals surface area contributed by atoms with E-state index in [1.807, 2.05) is 24.3 Å². The quantitative estimate of drug-likeness (QED) is 0.465. The first-order chi connectivity index (χ1) is 11.5. The van der Waals surface area contributed by atoms with Crippen molar-refractivity contribution in [2.24, 2.45) is 4.99 Å². The van der Waals surface area contributed by atoms with Crippen LogP contribution in [0.4, 0.5) is 0 Å². The summed E-state index contributed by atoms with van der Waals surface area (Å²) < 4.78 is 6.06. The molecule has 0 amide bonds. The summed E-state index contributed by atoms with van der Waals surface area (Å²) in [7, 11) is 0. The number of hydrogen-bond donors (Lipinski definition) is 0. The maximum Gasteiger partial charge on any atom is 0.363 e. The molecule has 0 saturated carbocycles. The minimum Gasteiger partial charge on any atom is -0.403 e. The van der Waals surface area contributed by atoms with Gasteiger partial charge >= 0.3 is 5.97 Å². The Balaban J connectivity index is 1.82. The maximum atomic E-state index is 11.9. The number of carbonyl (C=O) groups is 1. The van der Waals surface area contributed by atoms with Gasteiger partial charge in [-0.05, 0) is 47.5 Å². The van der Waals surface area contributed by atoms with Crippen molar-refractivity contribution in [2.45, 2.75) is 0 Å². The normalized spacial score (nSPS) is 15.9. The molecule has 1 aliphatic heterocycles. The summed E-state index contributed by atoms with van der Waals surface area (Å²) in [6.07, 6.45) is 4.98. The number of benzene rings is 2. The largest absolute Gasteiger partial charge is 0.403 e. The third-order valence-electron chi connectivity index (χ3n) is 3.16. The second-order valence-electron chi connectivity index (χ2n) is 4.92. The molecule has 0 unspecified atom stereocenters. The lowest BCUT2D eigenvalue weighted by Gasteiger charge is -1.98. The van der Waals surface area contributed by atoms with Crippen LogP contribution in [0, 0.1) is 0 Å². The molecule has 1 aliphatic rings. The highest BCUT2D eigenvalue weighted by Gasteiger charge is 2.21. The molecule has 0 aliphatic carbocycles. The van der Waals surface area contributed by atoms with Gasteiger partial charge in [-0.3, -0.25) is 0 Å². The van der Waals surface area contributed by atoms with Crippen LogP contribution >= 0.6 is 39.1 Å². The Morgan fingerprint density at radius 3 is 2.67 bits per heavy atom. The highest BCUT2D eigenvalue weighted by atomic mass is 79.9. The summed E-state index contributed by atoms with van der Waals surface area (Å²) in [5, 5.41) is 1.06. The standard InChI is InChI=1S/C18H10BrCl2NO2/c19-13-3-1-2-11(8-13)9-16-18(23)24-17(22-16)7-5-12-4-6-14(20)10-15(12)21/h1-10H/b7-5+,16-9-. The second-order valence-corrected chi connectivity index (χ2v) is 6.68. The van der Waals surface area contributed by atoms with Crippen LogP contribution in [0.1, 0.15) is 11.1 Å². The van der Waals surface area contributed by atoms with E-state index >= 15 is 0 Å². The van der Waals surface area contributed by atoms with E-state index in [9.17, 15) is 4.79 Å². The molecule has 0 radical (unpaired) electrons. The van der Waals surface area contributed by atoms with Gasteiger partial charge in [-0.25, -0.2) is 9.79 Å². The fourth-order valence-corrected chi connectivity index (χ4v) is 2.94. The fourth-order valence-electron chi connectivity index (χ4n) is 2.05. The predicted molar refractivity (Wildman–Crippen MR) is 101 cm³/mol. The lowest BCUT2D eigenvalue weighted by molar-refractivity contribution is -0.129. The van der Waals surface area contributed by atoms with E-state index in [2.05, 4.69) is 20.9 Å². The number of nitrogens with zero attached hydrogens (tertiary/aromatic N) is 1. The van der Waals surface area contributed by atoms with Gasteiger partial charge in [0.1, 0.15) is 0 Å². The molecule has 24 heavy (non-hydrogen) atoms. The molecular weight excluding hydrogens is 413 g/mol. The molecule has 0 atom stereocenters. The van der Waals surface area contributed by atoms with E-state index in [4.69, 9.17) is 27.9 Å². The lowest BCUT2D eigenvalue weighted by Crippen LogP contribution is -2.01. The van der Waals surface area contributed by atoms with Gasteiger partial charge in [0.05, 0.1) is 0 Å². The number of esters is 1. The number of halogens is 3. The zero-order chi connectivity index (χ0) is 17.1. The summed E-state index contributed by atoms with van der Waals surface area (Å²) in [6.45, 7) is 0. The van der Waals surface area contributed by atoms with Crippen LogP contribution in [0.5, 0.6) is 0 Å². The molecule has 6 heteroatoms. The van der Waals surface area contributed by atoms with Crippen LogP contribution in [-0.4, -0.2) is 11.9 Å². The van der Waals surface area contributed by atoms with E-state index in [1.165, 1.54) is 0 Å². The zero-order valence-electron chi connectivity index (χ0n) is 12.2. The second kappa shape index (κ2) is 7.34.